The van der Waals surface area contributed by atoms with Crippen LogP contribution in [0.4, 0.5) is 34.1 Å². The third kappa shape index (κ3) is 4.49. The molecule has 4 heterocycles. The minimum atomic E-state index is 0.173. The van der Waals surface area contributed by atoms with Crippen LogP contribution in [0.2, 0.25) is 0 Å². The average Bonchev–Trinajstić information content (AvgIpc) is 3.80. The SMILES string of the molecule is c1ccc2c(c1)[Se]c1cc3c(cc1N2c1c2ccccc2c(N2c4ccccc4[Se]c4cc5c(cc42)sc2ccccc25)c2ccccc12)sc1ccccc13. The van der Waals surface area contributed by atoms with Gasteiger partial charge >= 0.3 is 346 Å². The van der Waals surface area contributed by atoms with Crippen LogP contribution in [0.5, 0.6) is 0 Å². The summed E-state index contributed by atoms with van der Waals surface area (Å²) in [5.74, 6) is 0. The number of hydrogen-bond donors (Lipinski definition) is 0. The summed E-state index contributed by atoms with van der Waals surface area (Å²) in [5.41, 5.74) is 7.67. The van der Waals surface area contributed by atoms with Gasteiger partial charge in [-0.25, -0.2) is 0 Å². The van der Waals surface area contributed by atoms with E-state index in [1.165, 1.54) is 114 Å². The van der Waals surface area contributed by atoms with Gasteiger partial charge in [0.05, 0.1) is 0 Å². The van der Waals surface area contributed by atoms with E-state index in [0.717, 1.165) is 0 Å². The van der Waals surface area contributed by atoms with Crippen LogP contribution in [0.3, 0.4) is 0 Å². The predicted molar refractivity (Wildman–Crippen MR) is 247 cm³/mol. The quantitative estimate of drug-likeness (QED) is 0.126. The van der Waals surface area contributed by atoms with Gasteiger partial charge in [0.2, 0.25) is 0 Å². The fraction of sp³-hybridized carbons (Fsp3) is 0. The van der Waals surface area contributed by atoms with Gasteiger partial charge in [-0.2, -0.15) is 0 Å². The first-order chi connectivity index (χ1) is 27.8. The zero-order valence-electron chi connectivity index (χ0n) is 29.7. The monoisotopic (exact) mass is 880 g/mol. The molecule has 0 aliphatic carbocycles. The number of fused-ring (bicyclic) bond motifs is 12. The fourth-order valence-electron chi connectivity index (χ4n) is 8.99. The van der Waals surface area contributed by atoms with Gasteiger partial charge in [0, 0.05) is 0 Å². The van der Waals surface area contributed by atoms with Crippen LogP contribution >= 0.6 is 22.7 Å². The molecule has 0 saturated carbocycles. The molecule has 2 nitrogen and oxygen atoms in total. The van der Waals surface area contributed by atoms with Gasteiger partial charge in [-0.15, -0.1) is 0 Å². The molecular weight excluding hydrogens is 851 g/mol. The molecule has 9 aromatic carbocycles. The van der Waals surface area contributed by atoms with Crippen molar-refractivity contribution in [2.45, 2.75) is 0 Å². The number of nitrogens with zero attached hydrogens (tertiary/aromatic N) is 2. The second-order valence-electron chi connectivity index (χ2n) is 14.4. The van der Waals surface area contributed by atoms with Crippen molar-refractivity contribution in [3.8, 4) is 0 Å². The molecule has 0 unspecified atom stereocenters. The molecule has 0 radical (unpaired) electrons. The Balaban J connectivity index is 1.13. The normalized spacial score (nSPS) is 13.5. The van der Waals surface area contributed by atoms with Crippen molar-refractivity contribution in [1.82, 2.24) is 0 Å². The predicted octanol–water partition coefficient (Wildman–Crippen LogP) is 11.6. The first-order valence-electron chi connectivity index (χ1n) is 18.7. The second kappa shape index (κ2) is 12.0. The summed E-state index contributed by atoms with van der Waals surface area (Å²) in [6.07, 6.45) is 0. The first kappa shape index (κ1) is 31.7. The standard InChI is InChI=1S/C50H28N2S2Se2/c1-2-16-32-31(15-1)49(51-37-19-7-11-23-45(37)55-47-25-35-29-13-5-9-21-41(29)53-43(35)27-39(47)51)33-17-3-4-18-34(33)50(32)52-38-20-8-12-24-46(38)56-48-26-36-30-14-6-10-22-42(30)54-44(36)28-40(48)52/h1-28H. The zero-order valence-corrected chi connectivity index (χ0v) is 34.8. The van der Waals surface area contributed by atoms with Crippen molar-refractivity contribution < 1.29 is 0 Å². The number of rotatable bonds is 2. The van der Waals surface area contributed by atoms with Crippen molar-refractivity contribution in [2.75, 3.05) is 9.80 Å². The Kier molecular flexibility index (Phi) is 6.83. The van der Waals surface area contributed by atoms with E-state index in [-0.39, 0.29) is 29.9 Å². The molecule has 0 bridgehead atoms. The summed E-state index contributed by atoms with van der Waals surface area (Å²) >= 11 is 4.16. The van der Waals surface area contributed by atoms with Crippen LogP contribution in [-0.2, 0) is 0 Å². The molecule has 56 heavy (non-hydrogen) atoms. The van der Waals surface area contributed by atoms with E-state index < -0.39 is 0 Å². The summed E-state index contributed by atoms with van der Waals surface area (Å²) in [7, 11) is 0. The molecule has 0 fully saturated rings. The molecule has 2 aromatic heterocycles. The maximum atomic E-state index is 2.61. The van der Waals surface area contributed by atoms with Gasteiger partial charge in [0.15, 0.2) is 0 Å². The molecule has 0 saturated heterocycles. The third-order valence-corrected chi connectivity index (χ3v) is 18.3. The van der Waals surface area contributed by atoms with E-state index >= 15 is 0 Å². The molecule has 13 rings (SSSR count). The van der Waals surface area contributed by atoms with Crippen LogP contribution in [0.1, 0.15) is 0 Å². The topological polar surface area (TPSA) is 6.48 Å². The summed E-state index contributed by atoms with van der Waals surface area (Å²) in [6, 6.07) is 64.3. The molecule has 0 N–H and O–H groups in total. The molecule has 6 heteroatoms. The molecule has 262 valence electrons. The van der Waals surface area contributed by atoms with E-state index in [9.17, 15) is 0 Å². The Morgan fingerprint density at radius 1 is 0.286 bits per heavy atom. The second-order valence-corrected chi connectivity index (χ2v) is 21.1. The first-order valence-corrected chi connectivity index (χ1v) is 23.8. The Morgan fingerprint density at radius 3 is 1.07 bits per heavy atom. The van der Waals surface area contributed by atoms with Crippen molar-refractivity contribution in [3.05, 3.63) is 170 Å². The molecule has 11 aromatic rings. The molecule has 2 aliphatic heterocycles. The molecular formula is C50H28N2S2Se2. The maximum absolute atomic E-state index is 2.61. The van der Waals surface area contributed by atoms with Crippen molar-refractivity contribution in [3.63, 3.8) is 0 Å². The van der Waals surface area contributed by atoms with Crippen LogP contribution < -0.4 is 27.6 Å². The average molecular weight is 879 g/mol. The summed E-state index contributed by atoms with van der Waals surface area (Å²) in [5, 5.41) is 10.5. The number of anilines is 6. The fourth-order valence-corrected chi connectivity index (χ4v) is 15.8. The number of hydrogen-bond acceptors (Lipinski definition) is 4. The molecule has 0 atom stereocenters. The van der Waals surface area contributed by atoms with E-state index in [4.69, 9.17) is 0 Å². The van der Waals surface area contributed by atoms with Gasteiger partial charge in [0.1, 0.15) is 0 Å². The number of para-hydroxylation sites is 2. The van der Waals surface area contributed by atoms with Crippen LogP contribution in [0.15, 0.2) is 170 Å². The van der Waals surface area contributed by atoms with Crippen molar-refractivity contribution >= 4 is 166 Å². The van der Waals surface area contributed by atoms with E-state index in [1.807, 2.05) is 22.7 Å². The van der Waals surface area contributed by atoms with E-state index in [0.29, 0.717) is 0 Å². The molecule has 2 aliphatic rings. The zero-order chi connectivity index (χ0) is 36.5. The van der Waals surface area contributed by atoms with Gasteiger partial charge in [-0.1, -0.05) is 0 Å². The Hall–Kier alpha value is -5.42. The Morgan fingerprint density at radius 2 is 0.643 bits per heavy atom. The Bertz CT molecular complexity index is 3190. The van der Waals surface area contributed by atoms with Crippen molar-refractivity contribution in [2.24, 2.45) is 0 Å². The number of thiophene rings is 2. The summed E-state index contributed by atoms with van der Waals surface area (Å²) < 4.78 is 11.1. The molecule has 0 spiro atoms. The van der Waals surface area contributed by atoms with Gasteiger partial charge in [0.25, 0.3) is 0 Å². The van der Waals surface area contributed by atoms with Crippen LogP contribution in [-0.4, -0.2) is 29.9 Å². The van der Waals surface area contributed by atoms with E-state index in [1.54, 1.807) is 0 Å². The van der Waals surface area contributed by atoms with Gasteiger partial charge in [-0.3, -0.25) is 0 Å². The van der Waals surface area contributed by atoms with Crippen molar-refractivity contribution in [1.29, 1.82) is 0 Å². The minimum absolute atomic E-state index is 0.173. The van der Waals surface area contributed by atoms with Gasteiger partial charge < -0.3 is 0 Å². The van der Waals surface area contributed by atoms with Crippen LogP contribution in [0, 0.1) is 0 Å². The summed E-state index contributed by atoms with van der Waals surface area (Å²) in [6.45, 7) is 0. The number of benzene rings is 9. The third-order valence-electron chi connectivity index (χ3n) is 11.4. The molecule has 0 amide bonds. The van der Waals surface area contributed by atoms with E-state index in [2.05, 4.69) is 180 Å². The van der Waals surface area contributed by atoms with Gasteiger partial charge in [-0.05, 0) is 0 Å². The Labute approximate surface area is 343 Å². The van der Waals surface area contributed by atoms with Crippen LogP contribution in [0.25, 0.3) is 61.9 Å². The summed E-state index contributed by atoms with van der Waals surface area (Å²) in [4.78, 5) is 5.21.